The second-order valence-corrected chi connectivity index (χ2v) is 5.00. The molecule has 0 unspecified atom stereocenters. The highest BCUT2D eigenvalue weighted by Gasteiger charge is 2.18. The number of hydrogen-bond donors (Lipinski definition) is 3. The van der Waals surface area contributed by atoms with E-state index in [2.05, 4.69) is 10.6 Å². The molecule has 3 N–H and O–H groups in total. The van der Waals surface area contributed by atoms with Gasteiger partial charge in [0.2, 0.25) is 0 Å². The van der Waals surface area contributed by atoms with E-state index in [0.29, 0.717) is 18.2 Å². The summed E-state index contributed by atoms with van der Waals surface area (Å²) in [5.41, 5.74) is 1.94. The van der Waals surface area contributed by atoms with Crippen LogP contribution in [0.2, 0.25) is 5.02 Å². The van der Waals surface area contributed by atoms with Gasteiger partial charge in [0.25, 0.3) is 0 Å². The molecule has 0 radical (unpaired) electrons. The van der Waals surface area contributed by atoms with Crippen molar-refractivity contribution in [3.63, 3.8) is 0 Å². The van der Waals surface area contributed by atoms with Gasteiger partial charge < -0.3 is 20.5 Å². The second kappa shape index (κ2) is 6.12. The van der Waals surface area contributed by atoms with Crippen molar-refractivity contribution in [3.8, 4) is 5.75 Å². The largest absolute Gasteiger partial charge is 0.493 e. The highest BCUT2D eigenvalue weighted by molar-refractivity contribution is 6.30. The lowest BCUT2D eigenvalue weighted by atomic mass is 10.1. The van der Waals surface area contributed by atoms with Crippen molar-refractivity contribution < 1.29 is 14.6 Å². The molecule has 104 valence electrons. The molecular weight excluding hydrogens is 268 g/mol. The lowest BCUT2D eigenvalue weighted by Crippen LogP contribution is -2.41. The molecule has 0 fully saturated rings. The highest BCUT2D eigenvalue weighted by Crippen LogP contribution is 2.32. The first kappa shape index (κ1) is 14.0. The Morgan fingerprint density at radius 1 is 1.58 bits per heavy atom. The predicted octanol–water partition coefficient (Wildman–Crippen LogP) is 1.45. The van der Waals surface area contributed by atoms with Gasteiger partial charge in [-0.1, -0.05) is 11.6 Å². The van der Waals surface area contributed by atoms with Crippen molar-refractivity contribution in [2.45, 2.75) is 25.9 Å². The molecule has 6 heteroatoms. The number of urea groups is 1. The monoisotopic (exact) mass is 284 g/mol. The Bertz CT molecular complexity index is 479. The van der Waals surface area contributed by atoms with Crippen molar-refractivity contribution >= 4 is 17.6 Å². The molecule has 1 aliphatic heterocycles. The van der Waals surface area contributed by atoms with E-state index in [9.17, 15) is 4.79 Å². The Morgan fingerprint density at radius 2 is 2.37 bits per heavy atom. The Hall–Kier alpha value is -1.46. The van der Waals surface area contributed by atoms with Gasteiger partial charge >= 0.3 is 6.03 Å². The first-order chi connectivity index (χ1) is 9.10. The van der Waals surface area contributed by atoms with Crippen molar-refractivity contribution in [3.05, 3.63) is 28.3 Å². The number of benzene rings is 1. The standard InChI is InChI=1S/C13H17ClN2O3/c1-8(7-17)16-13(18)15-6-10-5-11(14)4-9-2-3-19-12(9)10/h4-5,8,17H,2-3,6-7H2,1H3,(H2,15,16,18)/t8-/m1/s1. The number of hydrogen-bond acceptors (Lipinski definition) is 3. The quantitative estimate of drug-likeness (QED) is 0.784. The number of halogens is 1. The van der Waals surface area contributed by atoms with Gasteiger partial charge in [-0.15, -0.1) is 0 Å². The van der Waals surface area contributed by atoms with Gasteiger partial charge in [0.05, 0.1) is 19.3 Å². The number of aliphatic hydroxyl groups excluding tert-OH is 1. The molecule has 1 aromatic carbocycles. The maximum atomic E-state index is 11.6. The van der Waals surface area contributed by atoms with E-state index in [0.717, 1.165) is 23.3 Å². The third-order valence-electron chi connectivity index (χ3n) is 2.92. The Balaban J connectivity index is 1.98. The number of carbonyl (C=O) groups excluding carboxylic acids is 1. The summed E-state index contributed by atoms with van der Waals surface area (Å²) in [6, 6.07) is 3.08. The van der Waals surface area contributed by atoms with E-state index in [-0.39, 0.29) is 18.7 Å². The van der Waals surface area contributed by atoms with Crippen molar-refractivity contribution in [2.75, 3.05) is 13.2 Å². The zero-order valence-corrected chi connectivity index (χ0v) is 11.5. The predicted molar refractivity (Wildman–Crippen MR) is 72.6 cm³/mol. The molecular formula is C13H17ClN2O3. The van der Waals surface area contributed by atoms with Gasteiger partial charge in [0, 0.05) is 23.6 Å². The lowest BCUT2D eigenvalue weighted by molar-refractivity contribution is 0.220. The van der Waals surface area contributed by atoms with E-state index < -0.39 is 0 Å². The summed E-state index contributed by atoms with van der Waals surface area (Å²) in [6.07, 6.45) is 0.844. The van der Waals surface area contributed by atoms with Crippen LogP contribution in [0, 0.1) is 0 Å². The number of nitrogens with one attached hydrogen (secondary N) is 2. The lowest BCUT2D eigenvalue weighted by Gasteiger charge is -2.13. The fourth-order valence-corrected chi connectivity index (χ4v) is 2.24. The summed E-state index contributed by atoms with van der Waals surface area (Å²) < 4.78 is 5.55. The highest BCUT2D eigenvalue weighted by atomic mass is 35.5. The van der Waals surface area contributed by atoms with Gasteiger partial charge in [0.1, 0.15) is 5.75 Å². The Morgan fingerprint density at radius 3 is 3.11 bits per heavy atom. The minimum atomic E-state index is -0.326. The van der Waals surface area contributed by atoms with Crippen LogP contribution in [0.15, 0.2) is 12.1 Å². The zero-order chi connectivity index (χ0) is 13.8. The topological polar surface area (TPSA) is 70.6 Å². The van der Waals surface area contributed by atoms with Crippen LogP contribution in [-0.4, -0.2) is 30.4 Å². The molecule has 1 atom stereocenters. The molecule has 1 aromatic rings. The van der Waals surface area contributed by atoms with Gasteiger partial charge in [0.15, 0.2) is 0 Å². The zero-order valence-electron chi connectivity index (χ0n) is 10.7. The number of fused-ring (bicyclic) bond motifs is 1. The maximum Gasteiger partial charge on any atom is 0.315 e. The number of aliphatic hydroxyl groups is 1. The summed E-state index contributed by atoms with van der Waals surface area (Å²) in [6.45, 7) is 2.62. The fourth-order valence-electron chi connectivity index (χ4n) is 1.97. The normalized spacial score (nSPS) is 14.5. The van der Waals surface area contributed by atoms with E-state index in [1.165, 1.54) is 0 Å². The van der Waals surface area contributed by atoms with Crippen LogP contribution in [0.3, 0.4) is 0 Å². The van der Waals surface area contributed by atoms with E-state index in [1.807, 2.05) is 6.07 Å². The van der Waals surface area contributed by atoms with Crippen LogP contribution in [0.5, 0.6) is 5.75 Å². The van der Waals surface area contributed by atoms with Gasteiger partial charge in [-0.25, -0.2) is 4.79 Å². The van der Waals surface area contributed by atoms with E-state index in [4.69, 9.17) is 21.4 Å². The molecule has 0 saturated carbocycles. The fraction of sp³-hybridized carbons (Fsp3) is 0.462. The molecule has 0 aliphatic carbocycles. The van der Waals surface area contributed by atoms with Crippen LogP contribution in [0.25, 0.3) is 0 Å². The molecule has 1 aliphatic rings. The third kappa shape index (κ3) is 3.52. The molecule has 0 spiro atoms. The summed E-state index contributed by atoms with van der Waals surface area (Å²) >= 11 is 6.03. The minimum Gasteiger partial charge on any atom is -0.493 e. The van der Waals surface area contributed by atoms with Gasteiger partial charge in [-0.05, 0) is 24.6 Å². The molecule has 2 amide bonds. The average Bonchev–Trinajstić information content (AvgIpc) is 2.83. The summed E-state index contributed by atoms with van der Waals surface area (Å²) in [4.78, 5) is 11.6. The molecule has 0 aromatic heterocycles. The molecule has 0 saturated heterocycles. The van der Waals surface area contributed by atoms with Crippen LogP contribution in [0.1, 0.15) is 18.1 Å². The number of ether oxygens (including phenoxy) is 1. The van der Waals surface area contributed by atoms with Crippen LogP contribution in [-0.2, 0) is 13.0 Å². The number of amides is 2. The molecule has 1 heterocycles. The van der Waals surface area contributed by atoms with Crippen molar-refractivity contribution in [1.29, 1.82) is 0 Å². The average molecular weight is 285 g/mol. The summed E-state index contributed by atoms with van der Waals surface area (Å²) in [7, 11) is 0. The van der Waals surface area contributed by atoms with Crippen molar-refractivity contribution in [2.24, 2.45) is 0 Å². The first-order valence-electron chi connectivity index (χ1n) is 6.19. The van der Waals surface area contributed by atoms with Gasteiger partial charge in [-0.2, -0.15) is 0 Å². The second-order valence-electron chi connectivity index (χ2n) is 4.56. The maximum absolute atomic E-state index is 11.6. The molecule has 5 nitrogen and oxygen atoms in total. The third-order valence-corrected chi connectivity index (χ3v) is 3.13. The first-order valence-corrected chi connectivity index (χ1v) is 6.57. The number of carbonyl (C=O) groups is 1. The van der Waals surface area contributed by atoms with Crippen LogP contribution < -0.4 is 15.4 Å². The van der Waals surface area contributed by atoms with E-state index in [1.54, 1.807) is 13.0 Å². The molecule has 19 heavy (non-hydrogen) atoms. The van der Waals surface area contributed by atoms with Gasteiger partial charge in [-0.3, -0.25) is 0 Å². The number of rotatable bonds is 4. The minimum absolute atomic E-state index is 0.0942. The summed E-state index contributed by atoms with van der Waals surface area (Å²) in [5, 5.41) is 14.8. The SMILES string of the molecule is C[C@H](CO)NC(=O)NCc1cc(Cl)cc2c1OCC2. The van der Waals surface area contributed by atoms with Crippen LogP contribution in [0.4, 0.5) is 4.79 Å². The smallest absolute Gasteiger partial charge is 0.315 e. The van der Waals surface area contributed by atoms with Crippen molar-refractivity contribution in [1.82, 2.24) is 10.6 Å². The van der Waals surface area contributed by atoms with Crippen LogP contribution >= 0.6 is 11.6 Å². The Labute approximate surface area is 116 Å². The molecule has 0 bridgehead atoms. The molecule has 2 rings (SSSR count). The Kier molecular flexibility index (Phi) is 4.50. The summed E-state index contributed by atoms with van der Waals surface area (Å²) in [5.74, 6) is 0.819. The van der Waals surface area contributed by atoms with E-state index >= 15 is 0 Å².